The Morgan fingerprint density at radius 1 is 1.56 bits per heavy atom. The Kier molecular flexibility index (Phi) is 4.70. The molecule has 0 bridgehead atoms. The van der Waals surface area contributed by atoms with Crippen LogP contribution in [0.5, 0.6) is 0 Å². The van der Waals surface area contributed by atoms with Crippen molar-refractivity contribution < 1.29 is 4.79 Å². The van der Waals surface area contributed by atoms with Gasteiger partial charge < -0.3 is 5.32 Å². The van der Waals surface area contributed by atoms with E-state index in [1.54, 1.807) is 7.05 Å². The standard InChI is InChI=1S/C6H14NOP/c1-7-6(8)4-5-9(2)3/h4-5H2,1-3H3,(H,7,8). The molecule has 54 valence electrons. The molecule has 0 aliphatic carbocycles. The molecule has 0 radical (unpaired) electrons. The quantitative estimate of drug-likeness (QED) is 0.589. The van der Waals surface area contributed by atoms with Gasteiger partial charge in [-0.25, -0.2) is 0 Å². The number of amides is 1. The third-order valence-electron chi connectivity index (χ3n) is 1.06. The molecule has 0 rings (SSSR count). The number of carbonyl (C=O) groups is 1. The molecule has 2 nitrogen and oxygen atoms in total. The molecule has 0 aliphatic heterocycles. The number of hydrogen-bond donors (Lipinski definition) is 1. The van der Waals surface area contributed by atoms with E-state index in [4.69, 9.17) is 0 Å². The molecule has 0 aromatic heterocycles. The molecule has 0 aromatic rings. The Morgan fingerprint density at radius 3 is 2.44 bits per heavy atom. The molecule has 0 spiro atoms. The molecule has 0 saturated carbocycles. The maximum Gasteiger partial charge on any atom is 0.220 e. The SMILES string of the molecule is CNC(=O)CCP(C)C. The summed E-state index contributed by atoms with van der Waals surface area (Å²) in [6.45, 7) is 4.36. The number of hydrogen-bond acceptors (Lipinski definition) is 1. The van der Waals surface area contributed by atoms with Crippen molar-refractivity contribution in [3.63, 3.8) is 0 Å². The molecule has 0 aromatic carbocycles. The largest absolute Gasteiger partial charge is 0.359 e. The molecule has 0 atom stereocenters. The third-order valence-corrected chi connectivity index (χ3v) is 2.18. The molecule has 0 saturated heterocycles. The Labute approximate surface area is 57.8 Å². The van der Waals surface area contributed by atoms with Gasteiger partial charge in [0.25, 0.3) is 0 Å². The zero-order valence-corrected chi connectivity index (χ0v) is 7.16. The van der Waals surface area contributed by atoms with Crippen LogP contribution in [0.3, 0.4) is 0 Å². The summed E-state index contributed by atoms with van der Waals surface area (Å²) in [5.41, 5.74) is 0. The average molecular weight is 147 g/mol. The van der Waals surface area contributed by atoms with E-state index in [0.29, 0.717) is 6.42 Å². The zero-order chi connectivity index (χ0) is 7.28. The first-order valence-corrected chi connectivity index (χ1v) is 5.44. The normalized spacial score (nSPS) is 9.78. The molecule has 0 unspecified atom stereocenters. The van der Waals surface area contributed by atoms with Crippen molar-refractivity contribution in [3.05, 3.63) is 0 Å². The van der Waals surface area contributed by atoms with Crippen molar-refractivity contribution in [2.75, 3.05) is 26.5 Å². The molecular weight excluding hydrogens is 133 g/mol. The first-order chi connectivity index (χ1) is 4.16. The summed E-state index contributed by atoms with van der Waals surface area (Å²) < 4.78 is 0. The van der Waals surface area contributed by atoms with E-state index in [1.165, 1.54) is 0 Å². The van der Waals surface area contributed by atoms with Crippen LogP contribution >= 0.6 is 7.92 Å². The maximum atomic E-state index is 10.6. The van der Waals surface area contributed by atoms with Crippen LogP contribution in [0.15, 0.2) is 0 Å². The van der Waals surface area contributed by atoms with Crippen LogP contribution in [0.25, 0.3) is 0 Å². The van der Waals surface area contributed by atoms with E-state index in [1.807, 2.05) is 0 Å². The number of carbonyl (C=O) groups excluding carboxylic acids is 1. The maximum absolute atomic E-state index is 10.6. The molecule has 0 fully saturated rings. The lowest BCUT2D eigenvalue weighted by molar-refractivity contribution is -0.120. The lowest BCUT2D eigenvalue weighted by atomic mass is 10.5. The highest BCUT2D eigenvalue weighted by atomic mass is 31.1. The average Bonchev–Trinajstić information content (AvgIpc) is 1.83. The second kappa shape index (κ2) is 4.75. The van der Waals surface area contributed by atoms with Crippen molar-refractivity contribution in [3.8, 4) is 0 Å². The molecule has 1 amide bonds. The minimum Gasteiger partial charge on any atom is -0.359 e. The predicted molar refractivity (Wildman–Crippen MR) is 42.3 cm³/mol. The predicted octanol–water partition coefficient (Wildman–Crippen LogP) is 0.864. The zero-order valence-electron chi connectivity index (χ0n) is 6.27. The smallest absolute Gasteiger partial charge is 0.220 e. The monoisotopic (exact) mass is 147 g/mol. The Morgan fingerprint density at radius 2 is 2.11 bits per heavy atom. The fraction of sp³-hybridized carbons (Fsp3) is 0.833. The van der Waals surface area contributed by atoms with Gasteiger partial charge in [0.1, 0.15) is 0 Å². The van der Waals surface area contributed by atoms with Gasteiger partial charge in [-0.1, -0.05) is 0 Å². The molecular formula is C6H14NOP. The van der Waals surface area contributed by atoms with Gasteiger partial charge in [0.15, 0.2) is 0 Å². The van der Waals surface area contributed by atoms with Gasteiger partial charge in [0.05, 0.1) is 0 Å². The summed E-state index contributed by atoms with van der Waals surface area (Å²) in [6, 6.07) is 0. The summed E-state index contributed by atoms with van der Waals surface area (Å²) in [6.07, 6.45) is 1.74. The molecule has 9 heavy (non-hydrogen) atoms. The van der Waals surface area contributed by atoms with Crippen LogP contribution in [0, 0.1) is 0 Å². The summed E-state index contributed by atoms with van der Waals surface area (Å²) >= 11 is 0. The van der Waals surface area contributed by atoms with Crippen LogP contribution in [-0.4, -0.2) is 32.4 Å². The van der Waals surface area contributed by atoms with Crippen molar-refractivity contribution in [2.45, 2.75) is 6.42 Å². The first-order valence-electron chi connectivity index (χ1n) is 3.02. The van der Waals surface area contributed by atoms with Gasteiger partial charge in [0.2, 0.25) is 5.91 Å². The van der Waals surface area contributed by atoms with E-state index >= 15 is 0 Å². The van der Waals surface area contributed by atoms with Gasteiger partial charge in [-0.05, 0) is 19.5 Å². The second-order valence-electron chi connectivity index (χ2n) is 2.23. The number of nitrogens with one attached hydrogen (secondary N) is 1. The van der Waals surface area contributed by atoms with E-state index in [9.17, 15) is 4.79 Å². The van der Waals surface area contributed by atoms with Gasteiger partial charge in [0, 0.05) is 13.5 Å². The Balaban J connectivity index is 3.17. The van der Waals surface area contributed by atoms with E-state index in [0.717, 1.165) is 6.16 Å². The van der Waals surface area contributed by atoms with Crippen molar-refractivity contribution in [2.24, 2.45) is 0 Å². The Hall–Kier alpha value is -0.100. The fourth-order valence-corrected chi connectivity index (χ4v) is 1.10. The summed E-state index contributed by atoms with van der Waals surface area (Å²) in [4.78, 5) is 10.6. The van der Waals surface area contributed by atoms with Crippen LogP contribution in [-0.2, 0) is 4.79 Å². The lowest BCUT2D eigenvalue weighted by Gasteiger charge is -2.02. The summed E-state index contributed by atoms with van der Waals surface area (Å²) in [5.74, 6) is 0.159. The number of rotatable bonds is 3. The van der Waals surface area contributed by atoms with E-state index in [2.05, 4.69) is 18.6 Å². The first kappa shape index (κ1) is 8.90. The topological polar surface area (TPSA) is 29.1 Å². The minimum absolute atomic E-state index is 0.100. The highest BCUT2D eigenvalue weighted by Crippen LogP contribution is 2.24. The lowest BCUT2D eigenvalue weighted by Crippen LogP contribution is -2.18. The minimum atomic E-state index is 0.100. The molecule has 3 heteroatoms. The highest BCUT2D eigenvalue weighted by Gasteiger charge is 1.98. The van der Waals surface area contributed by atoms with Crippen LogP contribution in [0.4, 0.5) is 0 Å². The fourth-order valence-electron chi connectivity index (χ4n) is 0.450. The van der Waals surface area contributed by atoms with Crippen LogP contribution in [0.1, 0.15) is 6.42 Å². The van der Waals surface area contributed by atoms with Crippen LogP contribution < -0.4 is 5.32 Å². The van der Waals surface area contributed by atoms with Crippen molar-refractivity contribution in [1.29, 1.82) is 0 Å². The summed E-state index contributed by atoms with van der Waals surface area (Å²) in [7, 11) is 1.78. The molecule has 1 N–H and O–H groups in total. The van der Waals surface area contributed by atoms with Gasteiger partial charge in [-0.15, -0.1) is 7.92 Å². The summed E-state index contributed by atoms with van der Waals surface area (Å²) in [5, 5.41) is 2.59. The molecule has 0 aliphatic rings. The molecule has 0 heterocycles. The van der Waals surface area contributed by atoms with Crippen molar-refractivity contribution >= 4 is 13.8 Å². The van der Waals surface area contributed by atoms with Gasteiger partial charge in [-0.2, -0.15) is 0 Å². The van der Waals surface area contributed by atoms with Gasteiger partial charge in [-0.3, -0.25) is 4.79 Å². The highest BCUT2D eigenvalue weighted by molar-refractivity contribution is 7.56. The second-order valence-corrected chi connectivity index (χ2v) is 4.83. The van der Waals surface area contributed by atoms with Crippen LogP contribution in [0.2, 0.25) is 0 Å². The third kappa shape index (κ3) is 5.78. The van der Waals surface area contributed by atoms with E-state index in [-0.39, 0.29) is 13.8 Å². The van der Waals surface area contributed by atoms with E-state index < -0.39 is 0 Å². The van der Waals surface area contributed by atoms with Gasteiger partial charge >= 0.3 is 0 Å². The Bertz CT molecular complexity index is 93.1. The van der Waals surface area contributed by atoms with Crippen molar-refractivity contribution in [1.82, 2.24) is 5.32 Å².